The molecule has 1 amide bonds. The average Bonchev–Trinajstić information content (AvgIpc) is 2.47. The summed E-state index contributed by atoms with van der Waals surface area (Å²) in [5, 5.41) is 2.83. The first-order chi connectivity index (χ1) is 6.54. The Hall–Kier alpha value is -0.870. The minimum Gasteiger partial charge on any atom is -0.348 e. The lowest BCUT2D eigenvalue weighted by molar-refractivity contribution is 0.0945. The Labute approximate surface area is 88.3 Å². The predicted octanol–water partition coefficient (Wildman–Crippen LogP) is 1.44. The van der Waals surface area contributed by atoms with Gasteiger partial charge in [-0.1, -0.05) is 0 Å². The standard InChI is InChI=1S/C10H16N2OS/c1-6-4-9(14-8(6)3)10(13)12-7(2)5-11/h4,7H,5,11H2,1-3H3,(H,12,13). The largest absolute Gasteiger partial charge is 0.348 e. The Morgan fingerprint density at radius 1 is 1.64 bits per heavy atom. The highest BCUT2D eigenvalue weighted by atomic mass is 32.1. The molecule has 0 saturated heterocycles. The van der Waals surface area contributed by atoms with Gasteiger partial charge in [0, 0.05) is 17.5 Å². The van der Waals surface area contributed by atoms with Crippen LogP contribution >= 0.6 is 11.3 Å². The molecule has 1 unspecified atom stereocenters. The van der Waals surface area contributed by atoms with Gasteiger partial charge in [0.1, 0.15) is 0 Å². The van der Waals surface area contributed by atoms with E-state index in [0.29, 0.717) is 6.54 Å². The second-order valence-corrected chi connectivity index (χ2v) is 4.72. The van der Waals surface area contributed by atoms with E-state index in [2.05, 4.69) is 5.32 Å². The molecule has 0 fully saturated rings. The van der Waals surface area contributed by atoms with Crippen LogP contribution in [0.25, 0.3) is 0 Å². The quantitative estimate of drug-likeness (QED) is 0.796. The highest BCUT2D eigenvalue weighted by Gasteiger charge is 2.11. The molecular weight excluding hydrogens is 196 g/mol. The van der Waals surface area contributed by atoms with Crippen LogP contribution in [-0.2, 0) is 0 Å². The third kappa shape index (κ3) is 2.56. The number of aryl methyl sites for hydroxylation is 2. The molecule has 0 spiro atoms. The fourth-order valence-electron chi connectivity index (χ4n) is 1.04. The number of carbonyl (C=O) groups is 1. The molecule has 1 rings (SSSR count). The van der Waals surface area contributed by atoms with Crippen LogP contribution in [-0.4, -0.2) is 18.5 Å². The Morgan fingerprint density at radius 2 is 2.29 bits per heavy atom. The van der Waals surface area contributed by atoms with E-state index < -0.39 is 0 Å². The van der Waals surface area contributed by atoms with Gasteiger partial charge in [0.25, 0.3) is 5.91 Å². The molecule has 0 aromatic carbocycles. The molecule has 0 aliphatic carbocycles. The third-order valence-electron chi connectivity index (χ3n) is 2.12. The van der Waals surface area contributed by atoms with Crippen molar-refractivity contribution in [2.75, 3.05) is 6.54 Å². The molecule has 78 valence electrons. The number of hydrogen-bond acceptors (Lipinski definition) is 3. The molecule has 0 aliphatic rings. The van der Waals surface area contributed by atoms with Gasteiger partial charge in [-0.25, -0.2) is 0 Å². The van der Waals surface area contributed by atoms with Crippen molar-refractivity contribution in [1.29, 1.82) is 0 Å². The molecular formula is C10H16N2OS. The van der Waals surface area contributed by atoms with Gasteiger partial charge in [0.15, 0.2) is 0 Å². The number of hydrogen-bond donors (Lipinski definition) is 2. The van der Waals surface area contributed by atoms with Crippen molar-refractivity contribution in [3.05, 3.63) is 21.4 Å². The average molecular weight is 212 g/mol. The SMILES string of the molecule is Cc1cc(C(=O)NC(C)CN)sc1C. The Balaban J connectivity index is 2.70. The first-order valence-electron chi connectivity index (χ1n) is 4.62. The molecule has 1 atom stereocenters. The maximum Gasteiger partial charge on any atom is 0.261 e. The van der Waals surface area contributed by atoms with Crippen molar-refractivity contribution < 1.29 is 4.79 Å². The van der Waals surface area contributed by atoms with Crippen molar-refractivity contribution in [3.63, 3.8) is 0 Å². The monoisotopic (exact) mass is 212 g/mol. The van der Waals surface area contributed by atoms with Gasteiger partial charge in [0.05, 0.1) is 4.88 Å². The van der Waals surface area contributed by atoms with E-state index in [4.69, 9.17) is 5.73 Å². The van der Waals surface area contributed by atoms with Gasteiger partial charge < -0.3 is 11.1 Å². The molecule has 4 heteroatoms. The second-order valence-electron chi connectivity index (χ2n) is 3.46. The normalized spacial score (nSPS) is 12.6. The molecule has 1 aromatic rings. The molecule has 0 radical (unpaired) electrons. The number of carbonyl (C=O) groups excluding carboxylic acids is 1. The molecule has 14 heavy (non-hydrogen) atoms. The summed E-state index contributed by atoms with van der Waals surface area (Å²) in [4.78, 5) is 13.6. The van der Waals surface area contributed by atoms with Crippen LogP contribution in [0.3, 0.4) is 0 Å². The zero-order valence-corrected chi connectivity index (χ0v) is 9.57. The summed E-state index contributed by atoms with van der Waals surface area (Å²) in [5.74, 6) is -0.0239. The van der Waals surface area contributed by atoms with Gasteiger partial charge in [-0.05, 0) is 32.4 Å². The lowest BCUT2D eigenvalue weighted by atomic mass is 10.2. The number of nitrogens with two attached hydrogens (primary N) is 1. The van der Waals surface area contributed by atoms with E-state index >= 15 is 0 Å². The van der Waals surface area contributed by atoms with Gasteiger partial charge in [0.2, 0.25) is 0 Å². The Morgan fingerprint density at radius 3 is 2.71 bits per heavy atom. The summed E-state index contributed by atoms with van der Waals surface area (Å²) in [5.41, 5.74) is 6.59. The maximum atomic E-state index is 11.6. The van der Waals surface area contributed by atoms with Crippen LogP contribution in [0.2, 0.25) is 0 Å². The molecule has 1 aromatic heterocycles. The zero-order valence-electron chi connectivity index (χ0n) is 8.76. The maximum absolute atomic E-state index is 11.6. The van der Waals surface area contributed by atoms with Crippen molar-refractivity contribution in [2.24, 2.45) is 5.73 Å². The first kappa shape index (κ1) is 11.2. The van der Waals surface area contributed by atoms with Crippen LogP contribution < -0.4 is 11.1 Å². The fourth-order valence-corrected chi connectivity index (χ4v) is 1.98. The fraction of sp³-hybridized carbons (Fsp3) is 0.500. The van der Waals surface area contributed by atoms with Gasteiger partial charge in [-0.15, -0.1) is 11.3 Å². The summed E-state index contributed by atoms with van der Waals surface area (Å²) in [7, 11) is 0. The smallest absolute Gasteiger partial charge is 0.261 e. The van der Waals surface area contributed by atoms with E-state index in [1.165, 1.54) is 21.8 Å². The van der Waals surface area contributed by atoms with Crippen LogP contribution in [0, 0.1) is 13.8 Å². The summed E-state index contributed by atoms with van der Waals surface area (Å²) >= 11 is 1.52. The zero-order chi connectivity index (χ0) is 10.7. The number of nitrogens with one attached hydrogen (secondary N) is 1. The van der Waals surface area contributed by atoms with E-state index in [0.717, 1.165) is 4.88 Å². The minimum absolute atomic E-state index is 0.0239. The molecule has 0 saturated carbocycles. The van der Waals surface area contributed by atoms with Crippen molar-refractivity contribution in [3.8, 4) is 0 Å². The summed E-state index contributed by atoms with van der Waals surface area (Å²) in [6.45, 7) is 6.39. The molecule has 0 bridgehead atoms. The van der Waals surface area contributed by atoms with Gasteiger partial charge in [-0.2, -0.15) is 0 Å². The molecule has 3 nitrogen and oxygen atoms in total. The van der Waals surface area contributed by atoms with Crippen molar-refractivity contribution in [2.45, 2.75) is 26.8 Å². The van der Waals surface area contributed by atoms with E-state index in [1.807, 2.05) is 26.8 Å². The minimum atomic E-state index is -0.0239. The van der Waals surface area contributed by atoms with Crippen molar-refractivity contribution >= 4 is 17.2 Å². The van der Waals surface area contributed by atoms with Gasteiger partial charge >= 0.3 is 0 Å². The van der Waals surface area contributed by atoms with Crippen molar-refractivity contribution in [1.82, 2.24) is 5.32 Å². The third-order valence-corrected chi connectivity index (χ3v) is 3.27. The van der Waals surface area contributed by atoms with E-state index in [9.17, 15) is 4.79 Å². The lowest BCUT2D eigenvalue weighted by Crippen LogP contribution is -2.37. The second kappa shape index (κ2) is 4.57. The van der Waals surface area contributed by atoms with Crippen LogP contribution in [0.5, 0.6) is 0 Å². The van der Waals surface area contributed by atoms with Crippen LogP contribution in [0.4, 0.5) is 0 Å². The highest BCUT2D eigenvalue weighted by molar-refractivity contribution is 7.14. The Bertz CT molecular complexity index is 313. The summed E-state index contributed by atoms with van der Waals surface area (Å²) in [6.07, 6.45) is 0. The lowest BCUT2D eigenvalue weighted by Gasteiger charge is -2.09. The molecule has 3 N–H and O–H groups in total. The summed E-state index contributed by atoms with van der Waals surface area (Å²) in [6, 6.07) is 1.95. The topological polar surface area (TPSA) is 55.1 Å². The van der Waals surface area contributed by atoms with Crippen LogP contribution in [0.15, 0.2) is 6.07 Å². The number of thiophene rings is 1. The number of amides is 1. The predicted molar refractivity (Wildman–Crippen MR) is 59.8 cm³/mol. The van der Waals surface area contributed by atoms with E-state index in [-0.39, 0.29) is 11.9 Å². The molecule has 0 aliphatic heterocycles. The summed E-state index contributed by atoms with van der Waals surface area (Å²) < 4.78 is 0. The highest BCUT2D eigenvalue weighted by Crippen LogP contribution is 2.20. The van der Waals surface area contributed by atoms with Crippen LogP contribution in [0.1, 0.15) is 27.0 Å². The van der Waals surface area contributed by atoms with Gasteiger partial charge in [-0.3, -0.25) is 4.79 Å². The van der Waals surface area contributed by atoms with E-state index in [1.54, 1.807) is 0 Å². The number of rotatable bonds is 3. The Kier molecular flexibility index (Phi) is 3.66. The molecule has 1 heterocycles. The first-order valence-corrected chi connectivity index (χ1v) is 5.44.